The fraction of sp³-hybridized carbons (Fsp3) is 0.500. The fourth-order valence-electron chi connectivity index (χ4n) is 2.81. The van der Waals surface area contributed by atoms with Crippen LogP contribution in [0.2, 0.25) is 0 Å². The van der Waals surface area contributed by atoms with Crippen LogP contribution in [0.25, 0.3) is 10.2 Å². The summed E-state index contributed by atoms with van der Waals surface area (Å²) in [6.07, 6.45) is 2.39. The van der Waals surface area contributed by atoms with Gasteiger partial charge in [-0.2, -0.15) is 0 Å². The second-order valence-electron chi connectivity index (χ2n) is 5.92. The molecule has 0 saturated heterocycles. The third-order valence-electron chi connectivity index (χ3n) is 4.14. The van der Waals surface area contributed by atoms with Crippen LogP contribution in [-0.2, 0) is 0 Å². The average molecular weight is 325 g/mol. The smallest absolute Gasteiger partial charge is 0.255 e. The van der Waals surface area contributed by atoms with Gasteiger partial charge in [-0.1, -0.05) is 0 Å². The summed E-state index contributed by atoms with van der Waals surface area (Å²) in [5.41, 5.74) is 4.27. The number of carbonyl (C=O) groups is 1. The van der Waals surface area contributed by atoms with Crippen LogP contribution in [-0.4, -0.2) is 29.9 Å². The molecule has 0 atom stereocenters. The van der Waals surface area contributed by atoms with Crippen LogP contribution in [0.1, 0.15) is 50.8 Å². The molecule has 5 heteroatoms. The second-order valence-corrected chi connectivity index (χ2v) is 7.13. The molecule has 2 aromatic rings. The van der Waals surface area contributed by atoms with Crippen LogP contribution in [0, 0.1) is 20.8 Å². The Morgan fingerprint density at radius 1 is 1.24 bits per heavy atom. The SMILES string of the molecule is Cc1nc2sc(C)c(C)c2c(C2CC2)c1C(=O)N(C)C.Cl. The number of thiophene rings is 1. The number of aromatic nitrogens is 1. The van der Waals surface area contributed by atoms with Crippen molar-refractivity contribution >= 4 is 39.9 Å². The average Bonchev–Trinajstić information content (AvgIpc) is 3.16. The van der Waals surface area contributed by atoms with E-state index in [-0.39, 0.29) is 18.3 Å². The normalized spacial score (nSPS) is 14.1. The molecule has 0 aliphatic heterocycles. The molecule has 21 heavy (non-hydrogen) atoms. The molecular weight excluding hydrogens is 304 g/mol. The molecule has 0 unspecified atom stereocenters. The summed E-state index contributed by atoms with van der Waals surface area (Å²) in [5.74, 6) is 0.632. The van der Waals surface area contributed by atoms with E-state index in [1.54, 1.807) is 16.2 Å². The monoisotopic (exact) mass is 324 g/mol. The van der Waals surface area contributed by atoms with E-state index in [1.807, 2.05) is 21.0 Å². The molecule has 1 fully saturated rings. The highest BCUT2D eigenvalue weighted by Gasteiger charge is 2.33. The highest BCUT2D eigenvalue weighted by atomic mass is 35.5. The Kier molecular flexibility index (Phi) is 4.31. The van der Waals surface area contributed by atoms with Crippen molar-refractivity contribution in [2.24, 2.45) is 0 Å². The molecule has 0 spiro atoms. The van der Waals surface area contributed by atoms with Crippen molar-refractivity contribution in [3.05, 3.63) is 27.3 Å². The molecule has 1 saturated carbocycles. The van der Waals surface area contributed by atoms with Crippen molar-refractivity contribution < 1.29 is 4.79 Å². The van der Waals surface area contributed by atoms with Gasteiger partial charge in [-0.05, 0) is 50.7 Å². The van der Waals surface area contributed by atoms with Crippen LogP contribution in [0.5, 0.6) is 0 Å². The van der Waals surface area contributed by atoms with Gasteiger partial charge in [-0.3, -0.25) is 4.79 Å². The van der Waals surface area contributed by atoms with Gasteiger partial charge in [0, 0.05) is 24.4 Å². The number of aryl methyl sites for hydroxylation is 3. The number of carbonyl (C=O) groups excluding carboxylic acids is 1. The number of pyridine rings is 1. The predicted octanol–water partition coefficient (Wildman–Crippen LogP) is 4.22. The lowest BCUT2D eigenvalue weighted by Gasteiger charge is -2.17. The first-order valence-corrected chi connectivity index (χ1v) is 7.85. The Hall–Kier alpha value is -1.13. The summed E-state index contributed by atoms with van der Waals surface area (Å²) >= 11 is 1.75. The first kappa shape index (κ1) is 16.2. The quantitative estimate of drug-likeness (QED) is 0.828. The number of nitrogens with zero attached hydrogens (tertiary/aromatic N) is 2. The zero-order valence-corrected chi connectivity index (χ0v) is 14.7. The van der Waals surface area contributed by atoms with E-state index >= 15 is 0 Å². The van der Waals surface area contributed by atoms with Gasteiger partial charge in [0.05, 0.1) is 11.3 Å². The van der Waals surface area contributed by atoms with E-state index in [1.165, 1.54) is 34.2 Å². The van der Waals surface area contributed by atoms with E-state index in [2.05, 4.69) is 13.8 Å². The van der Waals surface area contributed by atoms with Gasteiger partial charge < -0.3 is 4.90 Å². The third-order valence-corrected chi connectivity index (χ3v) is 5.24. The maximum atomic E-state index is 12.6. The van der Waals surface area contributed by atoms with Crippen LogP contribution >= 0.6 is 23.7 Å². The molecule has 1 amide bonds. The van der Waals surface area contributed by atoms with Gasteiger partial charge in [0.1, 0.15) is 4.83 Å². The minimum absolute atomic E-state index is 0. The van der Waals surface area contributed by atoms with Gasteiger partial charge >= 0.3 is 0 Å². The summed E-state index contributed by atoms with van der Waals surface area (Å²) in [5, 5.41) is 1.24. The molecule has 2 aromatic heterocycles. The van der Waals surface area contributed by atoms with E-state index in [4.69, 9.17) is 4.98 Å². The summed E-state index contributed by atoms with van der Waals surface area (Å²) < 4.78 is 0. The Morgan fingerprint density at radius 2 is 1.86 bits per heavy atom. The maximum Gasteiger partial charge on any atom is 0.255 e. The maximum absolute atomic E-state index is 12.6. The lowest BCUT2D eigenvalue weighted by atomic mass is 9.96. The Bertz CT molecular complexity index is 717. The molecule has 3 rings (SSSR count). The standard InChI is InChI=1S/C16H20N2OS.ClH/c1-8-10(3)20-15-12(8)14(11-6-7-11)13(9(2)17-15)16(19)18(4)5;/h11H,6-7H2,1-5H3;1H. The number of halogens is 1. The molecule has 3 nitrogen and oxygen atoms in total. The molecule has 2 heterocycles. The molecule has 1 aliphatic rings. The number of hydrogen-bond donors (Lipinski definition) is 0. The van der Waals surface area contributed by atoms with E-state index in [0.29, 0.717) is 5.92 Å². The molecule has 0 N–H and O–H groups in total. The Labute approximate surface area is 135 Å². The highest BCUT2D eigenvalue weighted by molar-refractivity contribution is 7.18. The van der Waals surface area contributed by atoms with Crippen molar-refractivity contribution in [1.82, 2.24) is 9.88 Å². The number of rotatable bonds is 2. The van der Waals surface area contributed by atoms with E-state index in [9.17, 15) is 4.79 Å². The van der Waals surface area contributed by atoms with Crippen molar-refractivity contribution in [3.63, 3.8) is 0 Å². The highest BCUT2D eigenvalue weighted by Crippen LogP contribution is 2.47. The topological polar surface area (TPSA) is 33.2 Å². The molecule has 114 valence electrons. The van der Waals surface area contributed by atoms with Gasteiger partial charge in [-0.25, -0.2) is 4.98 Å². The number of fused-ring (bicyclic) bond motifs is 1. The molecule has 0 bridgehead atoms. The lowest BCUT2D eigenvalue weighted by molar-refractivity contribution is 0.0825. The van der Waals surface area contributed by atoms with E-state index in [0.717, 1.165) is 16.1 Å². The third kappa shape index (κ3) is 2.55. The van der Waals surface area contributed by atoms with Crippen LogP contribution in [0.4, 0.5) is 0 Å². The fourth-order valence-corrected chi connectivity index (χ4v) is 3.90. The minimum atomic E-state index is 0. The summed E-state index contributed by atoms with van der Waals surface area (Å²) in [6, 6.07) is 0. The Balaban J connectivity index is 0.00000161. The molecule has 0 aromatic carbocycles. The molecule has 0 radical (unpaired) electrons. The predicted molar refractivity (Wildman–Crippen MR) is 91.1 cm³/mol. The zero-order valence-electron chi connectivity index (χ0n) is 13.1. The van der Waals surface area contributed by atoms with Gasteiger partial charge in [-0.15, -0.1) is 23.7 Å². The van der Waals surface area contributed by atoms with Crippen molar-refractivity contribution in [2.45, 2.75) is 39.5 Å². The summed E-state index contributed by atoms with van der Waals surface area (Å²) in [4.78, 5) is 21.3. The van der Waals surface area contributed by atoms with E-state index < -0.39 is 0 Å². The van der Waals surface area contributed by atoms with Crippen molar-refractivity contribution in [1.29, 1.82) is 0 Å². The van der Waals surface area contributed by atoms with Crippen molar-refractivity contribution in [2.75, 3.05) is 14.1 Å². The van der Waals surface area contributed by atoms with Gasteiger partial charge in [0.2, 0.25) is 0 Å². The van der Waals surface area contributed by atoms with Gasteiger partial charge in [0.25, 0.3) is 5.91 Å². The number of hydrogen-bond acceptors (Lipinski definition) is 3. The summed E-state index contributed by atoms with van der Waals surface area (Å²) in [6.45, 7) is 6.26. The minimum Gasteiger partial charge on any atom is -0.345 e. The molecular formula is C16H21ClN2OS. The molecule has 1 aliphatic carbocycles. The summed E-state index contributed by atoms with van der Waals surface area (Å²) in [7, 11) is 3.63. The van der Waals surface area contributed by atoms with Crippen molar-refractivity contribution in [3.8, 4) is 0 Å². The van der Waals surface area contributed by atoms with Crippen LogP contribution in [0.3, 0.4) is 0 Å². The first-order valence-electron chi connectivity index (χ1n) is 7.03. The Morgan fingerprint density at radius 3 is 2.38 bits per heavy atom. The second kappa shape index (κ2) is 5.58. The first-order chi connectivity index (χ1) is 9.41. The van der Waals surface area contributed by atoms with Crippen LogP contribution < -0.4 is 0 Å². The zero-order chi connectivity index (χ0) is 14.6. The number of amides is 1. The largest absolute Gasteiger partial charge is 0.345 e. The van der Waals surface area contributed by atoms with Gasteiger partial charge in [0.15, 0.2) is 0 Å². The van der Waals surface area contributed by atoms with Crippen LogP contribution in [0.15, 0.2) is 0 Å². The lowest BCUT2D eigenvalue weighted by Crippen LogP contribution is -2.24.